The van der Waals surface area contributed by atoms with E-state index in [1.54, 1.807) is 24.3 Å². The zero-order valence-electron chi connectivity index (χ0n) is 16.6. The van der Waals surface area contributed by atoms with Crippen LogP contribution >= 0.6 is 0 Å². The van der Waals surface area contributed by atoms with Gasteiger partial charge in [-0.3, -0.25) is 9.11 Å². The highest BCUT2D eigenvalue weighted by molar-refractivity contribution is 7.86. The summed E-state index contributed by atoms with van der Waals surface area (Å²) in [6.45, 7) is 9.17. The van der Waals surface area contributed by atoms with E-state index < -0.39 is 25.7 Å². The van der Waals surface area contributed by atoms with Crippen LogP contribution in [0.4, 0.5) is 0 Å². The molecule has 2 rings (SSSR count). The highest BCUT2D eigenvalue weighted by atomic mass is 32.2. The highest BCUT2D eigenvalue weighted by Gasteiger charge is 2.31. The molecule has 1 atom stereocenters. The Morgan fingerprint density at radius 2 is 1.32 bits per heavy atom. The Balaban J connectivity index is 2.55. The van der Waals surface area contributed by atoms with Crippen LogP contribution in [0, 0.1) is 13.8 Å². The van der Waals surface area contributed by atoms with Gasteiger partial charge in [-0.1, -0.05) is 56.2 Å². The Morgan fingerprint density at radius 3 is 1.82 bits per heavy atom. The second-order valence-corrected chi connectivity index (χ2v) is 10.8. The van der Waals surface area contributed by atoms with Crippen LogP contribution in [0.1, 0.15) is 55.4 Å². The number of benzene rings is 2. The lowest BCUT2D eigenvalue weighted by Crippen LogP contribution is -2.24. The molecule has 154 valence electrons. The predicted molar refractivity (Wildman–Crippen MR) is 108 cm³/mol. The van der Waals surface area contributed by atoms with Crippen LogP contribution in [-0.2, 0) is 25.7 Å². The Bertz CT molecular complexity index is 1100. The number of aryl methyl sites for hydroxylation is 2. The molecule has 0 radical (unpaired) electrons. The maximum Gasteiger partial charge on any atom is 0.294 e. The van der Waals surface area contributed by atoms with Gasteiger partial charge in [-0.15, -0.1) is 0 Å². The van der Waals surface area contributed by atoms with Crippen LogP contribution in [0.3, 0.4) is 0 Å². The first-order chi connectivity index (χ1) is 12.6. The van der Waals surface area contributed by atoms with Gasteiger partial charge in [0, 0.05) is 0 Å². The molecule has 0 spiro atoms. The van der Waals surface area contributed by atoms with E-state index in [9.17, 15) is 25.9 Å². The van der Waals surface area contributed by atoms with Gasteiger partial charge >= 0.3 is 0 Å². The fourth-order valence-electron chi connectivity index (χ4n) is 3.67. The first kappa shape index (κ1) is 22.5. The Morgan fingerprint density at radius 1 is 0.857 bits per heavy atom. The summed E-state index contributed by atoms with van der Waals surface area (Å²) in [7, 11) is -8.80. The molecule has 8 heteroatoms. The van der Waals surface area contributed by atoms with Gasteiger partial charge in [-0.2, -0.15) is 16.8 Å². The van der Waals surface area contributed by atoms with E-state index >= 15 is 0 Å². The van der Waals surface area contributed by atoms with Crippen molar-refractivity contribution in [3.8, 4) is 0 Å². The lowest BCUT2D eigenvalue weighted by atomic mass is 9.75. The standard InChI is InChI=1S/C20H26O6S2/c1-13-6-8-18(27(21,22)23)16(10-13)15(3)12-20(4,5)17-11-14(2)7-9-19(17)28(24,25)26/h6-11,15H,12H2,1-5H3,(H,21,22,23)(H,24,25,26). The average molecular weight is 427 g/mol. The normalized spacial score (nSPS) is 14.1. The molecule has 0 aliphatic rings. The summed E-state index contributed by atoms with van der Waals surface area (Å²) in [4.78, 5) is -0.310. The second-order valence-electron chi connectivity index (χ2n) is 7.98. The molecule has 2 N–H and O–H groups in total. The fraction of sp³-hybridized carbons (Fsp3) is 0.400. The van der Waals surface area contributed by atoms with Crippen LogP contribution in [0.15, 0.2) is 46.2 Å². The van der Waals surface area contributed by atoms with Gasteiger partial charge in [-0.05, 0) is 54.9 Å². The summed E-state index contributed by atoms with van der Waals surface area (Å²) in [5.41, 5.74) is 1.93. The Labute approximate surface area is 167 Å². The molecule has 0 saturated heterocycles. The van der Waals surface area contributed by atoms with E-state index in [0.717, 1.165) is 11.1 Å². The smallest absolute Gasteiger partial charge is 0.282 e. The van der Waals surface area contributed by atoms with Crippen molar-refractivity contribution in [2.24, 2.45) is 0 Å². The molecule has 28 heavy (non-hydrogen) atoms. The van der Waals surface area contributed by atoms with E-state index in [1.165, 1.54) is 12.1 Å². The summed E-state index contributed by atoms with van der Waals surface area (Å²) in [6.07, 6.45) is 0.394. The second kappa shape index (κ2) is 7.59. The SMILES string of the molecule is Cc1ccc(S(=O)(=O)O)c(C(C)CC(C)(C)c2cc(C)ccc2S(=O)(=O)O)c1. The molecular weight excluding hydrogens is 400 g/mol. The Hall–Kier alpha value is -1.74. The fourth-order valence-corrected chi connectivity index (χ4v) is 5.32. The van der Waals surface area contributed by atoms with Crippen molar-refractivity contribution >= 4 is 20.2 Å². The van der Waals surface area contributed by atoms with Crippen LogP contribution in [-0.4, -0.2) is 25.9 Å². The van der Waals surface area contributed by atoms with Gasteiger partial charge in [0.1, 0.15) is 0 Å². The molecule has 2 aromatic rings. The van der Waals surface area contributed by atoms with Crippen LogP contribution < -0.4 is 0 Å². The van der Waals surface area contributed by atoms with Gasteiger partial charge in [0.2, 0.25) is 0 Å². The van der Waals surface area contributed by atoms with E-state index in [1.807, 2.05) is 34.6 Å². The van der Waals surface area contributed by atoms with E-state index in [0.29, 0.717) is 17.5 Å². The molecule has 0 bridgehead atoms. The minimum Gasteiger partial charge on any atom is -0.282 e. The monoisotopic (exact) mass is 426 g/mol. The van der Waals surface area contributed by atoms with Gasteiger partial charge in [0.15, 0.2) is 0 Å². The minimum absolute atomic E-state index is 0.152. The molecule has 6 nitrogen and oxygen atoms in total. The van der Waals surface area contributed by atoms with E-state index in [-0.39, 0.29) is 15.7 Å². The molecule has 2 aromatic carbocycles. The first-order valence-corrected chi connectivity index (χ1v) is 11.7. The van der Waals surface area contributed by atoms with Crippen molar-refractivity contribution in [2.75, 3.05) is 0 Å². The highest BCUT2D eigenvalue weighted by Crippen LogP contribution is 2.39. The van der Waals surface area contributed by atoms with E-state index in [2.05, 4.69) is 0 Å². The molecule has 0 aromatic heterocycles. The van der Waals surface area contributed by atoms with Crippen molar-refractivity contribution in [1.29, 1.82) is 0 Å². The summed E-state index contributed by atoms with van der Waals surface area (Å²) in [5.74, 6) is -0.304. The quantitative estimate of drug-likeness (QED) is 0.668. The zero-order valence-corrected chi connectivity index (χ0v) is 18.2. The number of hydrogen-bond donors (Lipinski definition) is 2. The van der Waals surface area contributed by atoms with Crippen molar-refractivity contribution in [3.05, 3.63) is 58.7 Å². The van der Waals surface area contributed by atoms with Gasteiger partial charge in [-0.25, -0.2) is 0 Å². The Kier molecular flexibility index (Phi) is 6.11. The van der Waals surface area contributed by atoms with Gasteiger partial charge in [0.25, 0.3) is 20.2 Å². The maximum absolute atomic E-state index is 11.8. The molecule has 0 aliphatic carbocycles. The summed E-state index contributed by atoms with van der Waals surface area (Å²) >= 11 is 0. The molecular formula is C20H26O6S2. The molecule has 0 heterocycles. The maximum atomic E-state index is 11.8. The first-order valence-electron chi connectivity index (χ1n) is 8.79. The van der Waals surface area contributed by atoms with Gasteiger partial charge < -0.3 is 0 Å². The summed E-state index contributed by atoms with van der Waals surface area (Å²) < 4.78 is 66.4. The number of rotatable bonds is 6. The van der Waals surface area contributed by atoms with Crippen LogP contribution in [0.5, 0.6) is 0 Å². The van der Waals surface area contributed by atoms with Gasteiger partial charge in [0.05, 0.1) is 9.79 Å². The molecule has 0 saturated carbocycles. The topological polar surface area (TPSA) is 109 Å². The van der Waals surface area contributed by atoms with Crippen molar-refractivity contribution in [2.45, 2.75) is 62.2 Å². The predicted octanol–water partition coefficient (Wildman–Crippen LogP) is 4.27. The van der Waals surface area contributed by atoms with E-state index in [4.69, 9.17) is 0 Å². The largest absolute Gasteiger partial charge is 0.294 e. The lowest BCUT2D eigenvalue weighted by Gasteiger charge is -2.31. The van der Waals surface area contributed by atoms with Crippen LogP contribution in [0.25, 0.3) is 0 Å². The van der Waals surface area contributed by atoms with Crippen molar-refractivity contribution in [1.82, 2.24) is 0 Å². The average Bonchev–Trinajstić information content (AvgIpc) is 2.52. The van der Waals surface area contributed by atoms with Crippen molar-refractivity contribution < 1.29 is 25.9 Å². The summed E-state index contributed by atoms with van der Waals surface area (Å²) in [6, 6.07) is 9.41. The zero-order chi connectivity index (χ0) is 21.5. The minimum atomic E-state index is -4.41. The van der Waals surface area contributed by atoms with Crippen LogP contribution in [0.2, 0.25) is 0 Å². The third-order valence-corrected chi connectivity index (χ3v) is 6.77. The number of hydrogen-bond acceptors (Lipinski definition) is 4. The molecule has 1 unspecified atom stereocenters. The molecule has 0 aliphatic heterocycles. The summed E-state index contributed by atoms with van der Waals surface area (Å²) in [5, 5.41) is 0. The molecule has 0 fully saturated rings. The molecule has 0 amide bonds. The third-order valence-electron chi connectivity index (χ3n) is 4.93. The van der Waals surface area contributed by atoms with Crippen molar-refractivity contribution in [3.63, 3.8) is 0 Å². The third kappa shape index (κ3) is 5.00. The lowest BCUT2D eigenvalue weighted by molar-refractivity contribution is 0.420.